The molecule has 0 aliphatic heterocycles. The van der Waals surface area contributed by atoms with E-state index in [0.717, 1.165) is 44.2 Å². The first-order valence-electron chi connectivity index (χ1n) is 10.5. The van der Waals surface area contributed by atoms with Crippen molar-refractivity contribution in [2.24, 2.45) is 0 Å². The van der Waals surface area contributed by atoms with Gasteiger partial charge in [-0.15, -0.1) is 0 Å². The molecule has 1 heterocycles. The molecular formula is C23H24F2N2O4S. The molecule has 32 heavy (non-hydrogen) atoms. The zero-order valence-corrected chi connectivity index (χ0v) is 18.6. The van der Waals surface area contributed by atoms with Crippen LogP contribution in [-0.4, -0.2) is 31.7 Å². The minimum Gasteiger partial charge on any atom is -0.451 e. The second-order valence-corrected chi connectivity index (χ2v) is 10.1. The molecule has 1 amide bonds. The van der Waals surface area contributed by atoms with Crippen LogP contribution in [0.2, 0.25) is 0 Å². The van der Waals surface area contributed by atoms with Gasteiger partial charge in [-0.25, -0.2) is 17.2 Å². The van der Waals surface area contributed by atoms with Crippen LogP contribution < -0.4 is 5.32 Å². The highest BCUT2D eigenvalue weighted by molar-refractivity contribution is 7.89. The lowest BCUT2D eigenvalue weighted by Gasteiger charge is -2.30. The summed E-state index contributed by atoms with van der Waals surface area (Å²) in [5, 5.41) is 2.97. The van der Waals surface area contributed by atoms with Gasteiger partial charge < -0.3 is 9.73 Å². The third kappa shape index (κ3) is 4.14. The van der Waals surface area contributed by atoms with Gasteiger partial charge in [-0.05, 0) is 50.1 Å². The Hall–Kier alpha value is -2.78. The molecule has 170 valence electrons. The normalized spacial score (nSPS) is 15.4. The van der Waals surface area contributed by atoms with Gasteiger partial charge in [0.15, 0.2) is 17.4 Å². The maximum Gasteiger partial charge on any atom is 0.291 e. The van der Waals surface area contributed by atoms with Crippen LogP contribution in [0.15, 0.2) is 45.7 Å². The molecule has 3 aromatic rings. The number of amides is 1. The molecule has 1 saturated carbocycles. The van der Waals surface area contributed by atoms with Gasteiger partial charge in [0, 0.05) is 35.8 Å². The average molecular weight is 463 g/mol. The van der Waals surface area contributed by atoms with Crippen molar-refractivity contribution in [2.75, 3.05) is 12.4 Å². The second-order valence-electron chi connectivity index (χ2n) is 8.11. The van der Waals surface area contributed by atoms with E-state index >= 15 is 0 Å². The SMILES string of the molecule is Cc1c(C(=O)Nc2ccc(F)c(F)c2)oc2ccc(S(=O)(=O)N(C)C3CCCCC3)cc12. The largest absolute Gasteiger partial charge is 0.451 e. The predicted molar refractivity (Wildman–Crippen MR) is 117 cm³/mol. The van der Waals surface area contributed by atoms with E-state index in [1.54, 1.807) is 14.0 Å². The molecule has 0 spiro atoms. The predicted octanol–water partition coefficient (Wildman–Crippen LogP) is 5.22. The number of fused-ring (bicyclic) bond motifs is 1. The van der Waals surface area contributed by atoms with Gasteiger partial charge in [0.05, 0.1) is 4.90 Å². The first-order chi connectivity index (χ1) is 15.2. The lowest BCUT2D eigenvalue weighted by Crippen LogP contribution is -2.38. The van der Waals surface area contributed by atoms with E-state index in [9.17, 15) is 22.0 Å². The molecule has 2 aromatic carbocycles. The van der Waals surface area contributed by atoms with Gasteiger partial charge in [0.2, 0.25) is 10.0 Å². The Morgan fingerprint density at radius 2 is 1.78 bits per heavy atom. The fourth-order valence-corrected chi connectivity index (χ4v) is 5.59. The summed E-state index contributed by atoms with van der Waals surface area (Å²) in [6.07, 6.45) is 4.84. The molecule has 1 aromatic heterocycles. The average Bonchev–Trinajstić information content (AvgIpc) is 3.12. The number of carbonyl (C=O) groups is 1. The topological polar surface area (TPSA) is 79.6 Å². The molecule has 0 radical (unpaired) electrons. The van der Waals surface area contributed by atoms with E-state index < -0.39 is 27.6 Å². The number of nitrogens with one attached hydrogen (secondary N) is 1. The number of aryl methyl sites for hydroxylation is 1. The number of hydrogen-bond acceptors (Lipinski definition) is 4. The summed E-state index contributed by atoms with van der Waals surface area (Å²) in [6.45, 7) is 1.65. The first-order valence-corrected chi connectivity index (χ1v) is 11.9. The summed E-state index contributed by atoms with van der Waals surface area (Å²) >= 11 is 0. The molecule has 0 unspecified atom stereocenters. The van der Waals surface area contributed by atoms with E-state index in [-0.39, 0.29) is 22.4 Å². The summed E-state index contributed by atoms with van der Waals surface area (Å²) in [5.41, 5.74) is 0.890. The highest BCUT2D eigenvalue weighted by Crippen LogP contribution is 2.31. The van der Waals surface area contributed by atoms with Crippen molar-refractivity contribution in [2.45, 2.75) is 50.0 Å². The number of carbonyl (C=O) groups excluding carboxylic acids is 1. The fraction of sp³-hybridized carbons (Fsp3) is 0.348. The van der Waals surface area contributed by atoms with Crippen LogP contribution >= 0.6 is 0 Å². The standard InChI is InChI=1S/C23H24F2N2O4S/c1-14-18-13-17(32(29,30)27(2)16-6-4-3-5-7-16)9-11-21(18)31-22(14)23(28)26-15-8-10-19(24)20(25)12-15/h8-13,16H,3-7H2,1-2H3,(H,26,28). The molecule has 1 N–H and O–H groups in total. The monoisotopic (exact) mass is 462 g/mol. The molecule has 9 heteroatoms. The molecule has 1 aliphatic carbocycles. The number of anilines is 1. The molecule has 1 aliphatic rings. The number of benzene rings is 2. The number of sulfonamides is 1. The van der Waals surface area contributed by atoms with E-state index in [1.807, 2.05) is 0 Å². The lowest BCUT2D eigenvalue weighted by molar-refractivity contribution is 0.0998. The number of hydrogen-bond donors (Lipinski definition) is 1. The van der Waals surface area contributed by atoms with E-state index in [2.05, 4.69) is 5.32 Å². The van der Waals surface area contributed by atoms with Gasteiger partial charge in [0.1, 0.15) is 5.58 Å². The Kier molecular flexibility index (Phi) is 6.05. The highest BCUT2D eigenvalue weighted by atomic mass is 32.2. The summed E-state index contributed by atoms with van der Waals surface area (Å²) in [7, 11) is -2.09. The zero-order chi connectivity index (χ0) is 23.0. The Bertz CT molecular complexity index is 1280. The third-order valence-corrected chi connectivity index (χ3v) is 7.96. The van der Waals surface area contributed by atoms with Gasteiger partial charge in [-0.3, -0.25) is 4.79 Å². The van der Waals surface area contributed by atoms with Crippen molar-refractivity contribution in [3.05, 3.63) is 59.4 Å². The summed E-state index contributed by atoms with van der Waals surface area (Å²) in [4.78, 5) is 12.8. The number of rotatable bonds is 5. The molecule has 1 fully saturated rings. The third-order valence-electron chi connectivity index (χ3n) is 6.06. The van der Waals surface area contributed by atoms with E-state index in [1.165, 1.54) is 28.6 Å². The van der Waals surface area contributed by atoms with Crippen LogP contribution in [0, 0.1) is 18.6 Å². The van der Waals surface area contributed by atoms with Crippen LogP contribution in [0.25, 0.3) is 11.0 Å². The fourth-order valence-electron chi connectivity index (χ4n) is 4.15. The van der Waals surface area contributed by atoms with Crippen molar-refractivity contribution in [3.8, 4) is 0 Å². The quantitative estimate of drug-likeness (QED) is 0.563. The van der Waals surface area contributed by atoms with Crippen LogP contribution in [0.5, 0.6) is 0 Å². The maximum absolute atomic E-state index is 13.4. The summed E-state index contributed by atoms with van der Waals surface area (Å²) < 4.78 is 60.0. The number of halogens is 2. The van der Waals surface area contributed by atoms with Crippen molar-refractivity contribution in [1.82, 2.24) is 4.31 Å². The van der Waals surface area contributed by atoms with E-state index in [4.69, 9.17) is 4.42 Å². The summed E-state index contributed by atoms with van der Waals surface area (Å²) in [6, 6.07) is 7.51. The number of furan rings is 1. The second kappa shape index (κ2) is 8.63. The number of nitrogens with zero attached hydrogens (tertiary/aromatic N) is 1. The lowest BCUT2D eigenvalue weighted by atomic mass is 9.96. The maximum atomic E-state index is 13.4. The van der Waals surface area contributed by atoms with E-state index in [0.29, 0.717) is 16.5 Å². The summed E-state index contributed by atoms with van der Waals surface area (Å²) in [5.74, 6) is -2.77. The molecular weight excluding hydrogens is 438 g/mol. The zero-order valence-electron chi connectivity index (χ0n) is 17.8. The van der Waals surface area contributed by atoms with Crippen LogP contribution in [0.1, 0.15) is 48.2 Å². The van der Waals surface area contributed by atoms with Crippen molar-refractivity contribution in [3.63, 3.8) is 0 Å². The Labute approximate surface area is 185 Å². The smallest absolute Gasteiger partial charge is 0.291 e. The Balaban J connectivity index is 1.63. The van der Waals surface area contributed by atoms with Crippen molar-refractivity contribution >= 4 is 32.6 Å². The van der Waals surface area contributed by atoms with Crippen molar-refractivity contribution in [1.29, 1.82) is 0 Å². The molecule has 0 saturated heterocycles. The van der Waals surface area contributed by atoms with Gasteiger partial charge in [-0.2, -0.15) is 4.31 Å². The minimum absolute atomic E-state index is 0.0210. The van der Waals surface area contributed by atoms with Gasteiger partial charge in [0.25, 0.3) is 5.91 Å². The van der Waals surface area contributed by atoms with Crippen LogP contribution in [0.3, 0.4) is 0 Å². The first kappa shape index (κ1) is 22.4. The van der Waals surface area contributed by atoms with Crippen LogP contribution in [0.4, 0.5) is 14.5 Å². The van der Waals surface area contributed by atoms with Crippen molar-refractivity contribution < 1.29 is 26.4 Å². The van der Waals surface area contributed by atoms with Gasteiger partial charge >= 0.3 is 0 Å². The molecule has 0 bridgehead atoms. The van der Waals surface area contributed by atoms with Crippen LogP contribution in [-0.2, 0) is 10.0 Å². The highest BCUT2D eigenvalue weighted by Gasteiger charge is 2.30. The molecule has 0 atom stereocenters. The Morgan fingerprint density at radius 1 is 1.06 bits per heavy atom. The minimum atomic E-state index is -3.70. The van der Waals surface area contributed by atoms with Gasteiger partial charge in [-0.1, -0.05) is 19.3 Å². The molecule has 4 rings (SSSR count). The molecule has 6 nitrogen and oxygen atoms in total. The Morgan fingerprint density at radius 3 is 2.47 bits per heavy atom.